The lowest BCUT2D eigenvalue weighted by Crippen LogP contribution is -2.28. The second kappa shape index (κ2) is 6.57. The van der Waals surface area contributed by atoms with Crippen LogP contribution in [0, 0.1) is 5.92 Å². The van der Waals surface area contributed by atoms with Gasteiger partial charge in [0.2, 0.25) is 10.0 Å². The first kappa shape index (κ1) is 16.0. The van der Waals surface area contributed by atoms with Crippen LogP contribution in [0.3, 0.4) is 0 Å². The SMILES string of the molecule is CCCC1CCN(S(=O)(=O)c2cnn(CCC(=O)O)c2)C1. The molecule has 0 saturated carbocycles. The second-order valence-corrected chi connectivity index (χ2v) is 7.33. The summed E-state index contributed by atoms with van der Waals surface area (Å²) >= 11 is 0. The number of carboxylic acid groups (broad SMARTS) is 1. The summed E-state index contributed by atoms with van der Waals surface area (Å²) in [5.74, 6) is -0.497. The van der Waals surface area contributed by atoms with E-state index in [0.717, 1.165) is 19.3 Å². The van der Waals surface area contributed by atoms with Gasteiger partial charge in [-0.15, -0.1) is 0 Å². The van der Waals surface area contributed by atoms with Gasteiger partial charge in [0.15, 0.2) is 0 Å². The number of aromatic nitrogens is 2. The third-order valence-electron chi connectivity index (χ3n) is 3.75. The van der Waals surface area contributed by atoms with Crippen LogP contribution in [0.15, 0.2) is 17.3 Å². The lowest BCUT2D eigenvalue weighted by atomic mass is 10.0. The van der Waals surface area contributed by atoms with Crippen molar-refractivity contribution in [2.24, 2.45) is 5.92 Å². The van der Waals surface area contributed by atoms with Gasteiger partial charge in [-0.25, -0.2) is 8.42 Å². The molecule has 1 saturated heterocycles. The van der Waals surface area contributed by atoms with Crippen LogP contribution in [-0.4, -0.2) is 46.7 Å². The van der Waals surface area contributed by atoms with Crippen molar-refractivity contribution < 1.29 is 18.3 Å². The fourth-order valence-electron chi connectivity index (χ4n) is 2.62. The fourth-order valence-corrected chi connectivity index (χ4v) is 4.10. The molecule has 0 aromatic carbocycles. The van der Waals surface area contributed by atoms with Crippen LogP contribution in [0.2, 0.25) is 0 Å². The normalized spacial score (nSPS) is 20.0. The van der Waals surface area contributed by atoms with Crippen LogP contribution in [0.4, 0.5) is 0 Å². The van der Waals surface area contributed by atoms with Crippen molar-refractivity contribution in [2.75, 3.05) is 13.1 Å². The standard InChI is InChI=1S/C13H21N3O4S/c1-2-3-11-4-7-16(9-11)21(19,20)12-8-14-15(10-12)6-5-13(17)18/h8,10-11H,2-7,9H2,1H3,(H,17,18). The van der Waals surface area contributed by atoms with Gasteiger partial charge < -0.3 is 5.11 Å². The van der Waals surface area contributed by atoms with E-state index in [9.17, 15) is 13.2 Å². The minimum atomic E-state index is -3.51. The van der Waals surface area contributed by atoms with E-state index in [1.807, 2.05) is 0 Å². The van der Waals surface area contributed by atoms with Crippen molar-refractivity contribution >= 4 is 16.0 Å². The molecule has 1 aliphatic heterocycles. The van der Waals surface area contributed by atoms with Crippen LogP contribution in [-0.2, 0) is 21.4 Å². The van der Waals surface area contributed by atoms with Crippen LogP contribution >= 0.6 is 0 Å². The summed E-state index contributed by atoms with van der Waals surface area (Å²) in [7, 11) is -3.51. The summed E-state index contributed by atoms with van der Waals surface area (Å²) in [6.07, 6.45) is 5.63. The largest absolute Gasteiger partial charge is 0.481 e. The molecular weight excluding hydrogens is 294 g/mol. The molecule has 2 heterocycles. The van der Waals surface area contributed by atoms with E-state index in [1.54, 1.807) is 0 Å². The maximum absolute atomic E-state index is 12.5. The van der Waals surface area contributed by atoms with Crippen molar-refractivity contribution in [3.05, 3.63) is 12.4 Å². The molecular formula is C13H21N3O4S. The van der Waals surface area contributed by atoms with E-state index >= 15 is 0 Å². The molecule has 1 aliphatic rings. The maximum Gasteiger partial charge on any atom is 0.305 e. The molecule has 0 radical (unpaired) electrons. The Hall–Kier alpha value is -1.41. The molecule has 118 valence electrons. The fraction of sp³-hybridized carbons (Fsp3) is 0.692. The highest BCUT2D eigenvalue weighted by Gasteiger charge is 2.32. The first-order valence-electron chi connectivity index (χ1n) is 7.18. The van der Waals surface area contributed by atoms with Gasteiger partial charge in [-0.2, -0.15) is 9.40 Å². The lowest BCUT2D eigenvalue weighted by Gasteiger charge is -2.15. The topological polar surface area (TPSA) is 92.5 Å². The van der Waals surface area contributed by atoms with E-state index in [-0.39, 0.29) is 17.9 Å². The average molecular weight is 315 g/mol. The smallest absolute Gasteiger partial charge is 0.305 e. The van der Waals surface area contributed by atoms with E-state index < -0.39 is 16.0 Å². The van der Waals surface area contributed by atoms with Crippen molar-refractivity contribution in [1.29, 1.82) is 0 Å². The average Bonchev–Trinajstić information content (AvgIpc) is 3.06. The van der Waals surface area contributed by atoms with Gasteiger partial charge in [-0.1, -0.05) is 13.3 Å². The molecule has 1 unspecified atom stereocenters. The van der Waals surface area contributed by atoms with Gasteiger partial charge in [0.1, 0.15) is 4.90 Å². The second-order valence-electron chi connectivity index (χ2n) is 5.39. The van der Waals surface area contributed by atoms with Crippen molar-refractivity contribution in [3.63, 3.8) is 0 Å². The number of rotatable bonds is 7. The monoisotopic (exact) mass is 315 g/mol. The Bertz CT molecular complexity index is 596. The van der Waals surface area contributed by atoms with Gasteiger partial charge in [-0.05, 0) is 18.8 Å². The van der Waals surface area contributed by atoms with E-state index in [0.29, 0.717) is 19.0 Å². The lowest BCUT2D eigenvalue weighted by molar-refractivity contribution is -0.137. The summed E-state index contributed by atoms with van der Waals surface area (Å²) in [6, 6.07) is 0. The van der Waals surface area contributed by atoms with E-state index in [4.69, 9.17) is 5.11 Å². The Kier molecular flexibility index (Phi) is 5.00. The number of carbonyl (C=O) groups is 1. The maximum atomic E-state index is 12.5. The molecule has 1 aromatic rings. The number of hydrogen-bond donors (Lipinski definition) is 1. The molecule has 7 nitrogen and oxygen atoms in total. The third kappa shape index (κ3) is 3.82. The number of aliphatic carboxylic acids is 1. The number of hydrogen-bond acceptors (Lipinski definition) is 4. The van der Waals surface area contributed by atoms with Crippen LogP contribution < -0.4 is 0 Å². The number of nitrogens with zero attached hydrogens (tertiary/aromatic N) is 3. The van der Waals surface area contributed by atoms with E-state index in [1.165, 1.54) is 21.4 Å². The summed E-state index contributed by atoms with van der Waals surface area (Å²) < 4.78 is 27.9. The Labute approximate surface area is 124 Å². The van der Waals surface area contributed by atoms with Crippen molar-refractivity contribution in [1.82, 2.24) is 14.1 Å². The van der Waals surface area contributed by atoms with E-state index in [2.05, 4.69) is 12.0 Å². The summed E-state index contributed by atoms with van der Waals surface area (Å²) in [5.41, 5.74) is 0. The summed E-state index contributed by atoms with van der Waals surface area (Å²) in [4.78, 5) is 10.7. The molecule has 1 fully saturated rings. The zero-order valence-electron chi connectivity index (χ0n) is 12.1. The third-order valence-corrected chi connectivity index (χ3v) is 5.57. The van der Waals surface area contributed by atoms with Crippen LogP contribution in [0.5, 0.6) is 0 Å². The predicted octanol–water partition coefficient (Wildman–Crippen LogP) is 1.17. The van der Waals surface area contributed by atoms with Gasteiger partial charge in [0.05, 0.1) is 19.2 Å². The molecule has 0 spiro atoms. The number of carboxylic acids is 1. The Morgan fingerprint density at radius 3 is 2.95 bits per heavy atom. The molecule has 1 N–H and O–H groups in total. The van der Waals surface area contributed by atoms with Gasteiger partial charge in [0, 0.05) is 19.3 Å². The van der Waals surface area contributed by atoms with Gasteiger partial charge in [-0.3, -0.25) is 9.48 Å². The van der Waals surface area contributed by atoms with Crippen LogP contribution in [0.1, 0.15) is 32.6 Å². The molecule has 0 aliphatic carbocycles. The Balaban J connectivity index is 2.04. The van der Waals surface area contributed by atoms with Crippen molar-refractivity contribution in [2.45, 2.75) is 44.0 Å². The zero-order chi connectivity index (χ0) is 15.5. The quantitative estimate of drug-likeness (QED) is 0.815. The van der Waals surface area contributed by atoms with Gasteiger partial charge >= 0.3 is 5.97 Å². The zero-order valence-corrected chi connectivity index (χ0v) is 12.9. The van der Waals surface area contributed by atoms with Gasteiger partial charge in [0.25, 0.3) is 0 Å². The molecule has 1 atom stereocenters. The number of sulfonamides is 1. The summed E-state index contributed by atoms with van der Waals surface area (Å²) in [6.45, 7) is 3.39. The molecule has 0 amide bonds. The minimum absolute atomic E-state index is 0.0799. The molecule has 21 heavy (non-hydrogen) atoms. The highest BCUT2D eigenvalue weighted by molar-refractivity contribution is 7.89. The molecule has 0 bridgehead atoms. The Morgan fingerprint density at radius 1 is 1.52 bits per heavy atom. The predicted molar refractivity (Wildman–Crippen MR) is 76.3 cm³/mol. The highest BCUT2D eigenvalue weighted by atomic mass is 32.2. The minimum Gasteiger partial charge on any atom is -0.481 e. The van der Waals surface area contributed by atoms with Crippen LogP contribution in [0.25, 0.3) is 0 Å². The molecule has 2 rings (SSSR count). The van der Waals surface area contributed by atoms with Crippen molar-refractivity contribution in [3.8, 4) is 0 Å². The first-order valence-corrected chi connectivity index (χ1v) is 8.62. The first-order chi connectivity index (χ1) is 9.93. The molecule has 8 heteroatoms. The number of aryl methyl sites for hydroxylation is 1. The summed E-state index contributed by atoms with van der Waals surface area (Å²) in [5, 5.41) is 12.6. The Morgan fingerprint density at radius 2 is 2.29 bits per heavy atom. The molecule has 1 aromatic heterocycles. The highest BCUT2D eigenvalue weighted by Crippen LogP contribution is 2.26.